The van der Waals surface area contributed by atoms with E-state index in [1.165, 1.54) is 11.3 Å². The third-order valence-corrected chi connectivity index (χ3v) is 6.02. The number of para-hydroxylation sites is 1. The molecule has 0 fully saturated rings. The van der Waals surface area contributed by atoms with Gasteiger partial charge in [0.15, 0.2) is 5.13 Å². The molecule has 1 N–H and O–H groups in total. The average molecular weight is 478 g/mol. The van der Waals surface area contributed by atoms with Crippen LogP contribution in [0.3, 0.4) is 0 Å². The molecule has 2 heterocycles. The monoisotopic (exact) mass is 477 g/mol. The predicted molar refractivity (Wildman–Crippen MR) is 131 cm³/mol. The Morgan fingerprint density at radius 3 is 2.59 bits per heavy atom. The molecule has 0 aliphatic heterocycles. The number of carbonyl (C=O) groups excluding carboxylic acids is 1. The molecule has 0 unspecified atom stereocenters. The summed E-state index contributed by atoms with van der Waals surface area (Å²) in [6, 6.07) is 14.7. The normalized spacial score (nSPS) is 10.8. The molecule has 2 aromatic heterocycles. The van der Waals surface area contributed by atoms with Crippen LogP contribution in [0.5, 0.6) is 5.75 Å². The largest absolute Gasteiger partial charge is 0.493 e. The van der Waals surface area contributed by atoms with Gasteiger partial charge in [-0.05, 0) is 50.6 Å². The number of thiazole rings is 1. The molecule has 0 aliphatic carbocycles. The fraction of sp³-hybridized carbons (Fsp3) is 0.208. The van der Waals surface area contributed by atoms with Gasteiger partial charge in [0.1, 0.15) is 17.1 Å². The standard InChI is InChI=1S/C24H23N5O4S/c1-4-33-21-8-6-5-7-19(21)20-14-34-24(25-20)26-23(30)18-11-9-17(10-12-18)13-28-16(3)22(29(31)32)15(2)27-28/h5-12,14H,4,13H2,1-3H3,(H,25,26,30). The first-order valence-corrected chi connectivity index (χ1v) is 11.5. The first kappa shape index (κ1) is 23.1. The summed E-state index contributed by atoms with van der Waals surface area (Å²) in [5.41, 5.74) is 3.87. The van der Waals surface area contributed by atoms with Gasteiger partial charge in [-0.15, -0.1) is 11.3 Å². The van der Waals surface area contributed by atoms with E-state index in [1.54, 1.807) is 30.7 Å². The minimum atomic E-state index is -0.416. The van der Waals surface area contributed by atoms with Crippen molar-refractivity contribution >= 4 is 28.1 Å². The van der Waals surface area contributed by atoms with E-state index in [9.17, 15) is 14.9 Å². The van der Waals surface area contributed by atoms with Gasteiger partial charge < -0.3 is 4.74 Å². The SMILES string of the molecule is CCOc1ccccc1-c1csc(NC(=O)c2ccc(Cn3nc(C)c([N+](=O)[O-])c3C)cc2)n1. The van der Waals surface area contributed by atoms with E-state index < -0.39 is 4.92 Å². The van der Waals surface area contributed by atoms with Crippen LogP contribution in [-0.4, -0.2) is 32.2 Å². The lowest BCUT2D eigenvalue weighted by Gasteiger charge is -2.07. The van der Waals surface area contributed by atoms with Crippen LogP contribution in [-0.2, 0) is 6.54 Å². The van der Waals surface area contributed by atoms with Crippen molar-refractivity contribution < 1.29 is 14.5 Å². The quantitative estimate of drug-likeness (QED) is 0.275. The van der Waals surface area contributed by atoms with Gasteiger partial charge in [-0.25, -0.2) is 4.98 Å². The molecule has 0 radical (unpaired) electrons. The average Bonchev–Trinajstić information content (AvgIpc) is 3.38. The molecule has 0 saturated carbocycles. The van der Waals surface area contributed by atoms with E-state index in [0.717, 1.165) is 22.6 Å². The van der Waals surface area contributed by atoms with E-state index in [1.807, 2.05) is 48.7 Å². The molecule has 34 heavy (non-hydrogen) atoms. The highest BCUT2D eigenvalue weighted by Gasteiger charge is 2.21. The summed E-state index contributed by atoms with van der Waals surface area (Å²) in [6.07, 6.45) is 0. The maximum atomic E-state index is 12.7. The second-order valence-corrected chi connectivity index (χ2v) is 8.41. The smallest absolute Gasteiger partial charge is 0.312 e. The molecule has 4 aromatic rings. The van der Waals surface area contributed by atoms with Gasteiger partial charge in [-0.1, -0.05) is 24.3 Å². The lowest BCUT2D eigenvalue weighted by Crippen LogP contribution is -2.12. The molecule has 4 rings (SSSR count). The molecule has 10 heteroatoms. The topological polar surface area (TPSA) is 112 Å². The van der Waals surface area contributed by atoms with Crippen molar-refractivity contribution in [3.05, 3.63) is 86.5 Å². The summed E-state index contributed by atoms with van der Waals surface area (Å²) < 4.78 is 7.27. The van der Waals surface area contributed by atoms with Crippen LogP contribution in [0.4, 0.5) is 10.8 Å². The van der Waals surface area contributed by atoms with E-state index >= 15 is 0 Å². The molecule has 0 aliphatic rings. The van der Waals surface area contributed by atoms with Crippen molar-refractivity contribution in [2.24, 2.45) is 0 Å². The molecular formula is C24H23N5O4S. The van der Waals surface area contributed by atoms with Crippen molar-refractivity contribution in [3.8, 4) is 17.0 Å². The minimum absolute atomic E-state index is 0.0303. The molecule has 0 bridgehead atoms. The van der Waals surface area contributed by atoms with E-state index in [4.69, 9.17) is 4.74 Å². The Morgan fingerprint density at radius 1 is 1.18 bits per heavy atom. The summed E-state index contributed by atoms with van der Waals surface area (Å²) in [5, 5.41) is 20.7. The number of ether oxygens (including phenoxy) is 1. The van der Waals surface area contributed by atoms with Crippen LogP contribution < -0.4 is 10.1 Å². The Kier molecular flexibility index (Phi) is 6.69. The number of nitro groups is 1. The lowest BCUT2D eigenvalue weighted by molar-refractivity contribution is -0.386. The van der Waals surface area contributed by atoms with Gasteiger partial charge in [0.25, 0.3) is 5.91 Å². The van der Waals surface area contributed by atoms with Gasteiger partial charge in [0, 0.05) is 16.5 Å². The Balaban J connectivity index is 1.44. The minimum Gasteiger partial charge on any atom is -0.493 e. The zero-order chi connectivity index (χ0) is 24.2. The number of nitrogens with one attached hydrogen (secondary N) is 1. The zero-order valence-electron chi connectivity index (χ0n) is 18.9. The number of aryl methyl sites for hydroxylation is 1. The molecule has 9 nitrogen and oxygen atoms in total. The fourth-order valence-corrected chi connectivity index (χ4v) is 4.33. The predicted octanol–water partition coefficient (Wildman–Crippen LogP) is 5.23. The van der Waals surface area contributed by atoms with Crippen molar-refractivity contribution in [2.75, 3.05) is 11.9 Å². The van der Waals surface area contributed by atoms with Crippen LogP contribution in [0.25, 0.3) is 11.3 Å². The summed E-state index contributed by atoms with van der Waals surface area (Å²) in [7, 11) is 0. The first-order chi connectivity index (χ1) is 16.4. The number of rotatable bonds is 8. The van der Waals surface area contributed by atoms with Crippen molar-refractivity contribution in [1.29, 1.82) is 0 Å². The molecular weight excluding hydrogens is 454 g/mol. The highest BCUT2D eigenvalue weighted by Crippen LogP contribution is 2.32. The summed E-state index contributed by atoms with van der Waals surface area (Å²) in [6.45, 7) is 6.15. The third kappa shape index (κ3) is 4.81. The number of anilines is 1. The van der Waals surface area contributed by atoms with E-state index in [2.05, 4.69) is 15.4 Å². The van der Waals surface area contributed by atoms with E-state index in [-0.39, 0.29) is 11.6 Å². The molecule has 0 spiro atoms. The molecule has 0 atom stereocenters. The van der Waals surface area contributed by atoms with Gasteiger partial charge in [-0.3, -0.25) is 24.9 Å². The second-order valence-electron chi connectivity index (χ2n) is 7.55. The van der Waals surface area contributed by atoms with Crippen LogP contribution in [0, 0.1) is 24.0 Å². The molecule has 174 valence electrons. The van der Waals surface area contributed by atoms with Crippen LogP contribution in [0.15, 0.2) is 53.9 Å². The van der Waals surface area contributed by atoms with Crippen LogP contribution in [0.1, 0.15) is 34.2 Å². The van der Waals surface area contributed by atoms with Gasteiger partial charge in [0.2, 0.25) is 0 Å². The lowest BCUT2D eigenvalue weighted by atomic mass is 10.1. The van der Waals surface area contributed by atoms with E-state index in [0.29, 0.717) is 35.2 Å². The Morgan fingerprint density at radius 2 is 1.91 bits per heavy atom. The number of amides is 1. The van der Waals surface area contributed by atoms with Crippen molar-refractivity contribution in [3.63, 3.8) is 0 Å². The van der Waals surface area contributed by atoms with Crippen molar-refractivity contribution in [1.82, 2.24) is 14.8 Å². The molecule has 0 saturated heterocycles. The van der Waals surface area contributed by atoms with Crippen LogP contribution >= 0.6 is 11.3 Å². The van der Waals surface area contributed by atoms with Gasteiger partial charge in [0.05, 0.1) is 23.8 Å². The highest BCUT2D eigenvalue weighted by molar-refractivity contribution is 7.14. The summed E-state index contributed by atoms with van der Waals surface area (Å²) >= 11 is 1.34. The number of hydrogen-bond acceptors (Lipinski definition) is 7. The Labute approximate surface area is 200 Å². The summed E-state index contributed by atoms with van der Waals surface area (Å²) in [4.78, 5) is 28.0. The third-order valence-electron chi connectivity index (χ3n) is 5.26. The zero-order valence-corrected chi connectivity index (χ0v) is 19.8. The molecule has 2 aromatic carbocycles. The number of carbonyl (C=O) groups is 1. The second kappa shape index (κ2) is 9.84. The first-order valence-electron chi connectivity index (χ1n) is 10.6. The number of aromatic nitrogens is 3. The van der Waals surface area contributed by atoms with Gasteiger partial charge >= 0.3 is 5.69 Å². The number of nitrogens with zero attached hydrogens (tertiary/aromatic N) is 4. The fourth-order valence-electron chi connectivity index (χ4n) is 3.62. The number of hydrogen-bond donors (Lipinski definition) is 1. The Hall–Kier alpha value is -4.05. The Bertz CT molecular complexity index is 1340. The number of benzene rings is 2. The maximum absolute atomic E-state index is 12.7. The van der Waals surface area contributed by atoms with Crippen LogP contribution in [0.2, 0.25) is 0 Å². The van der Waals surface area contributed by atoms with Gasteiger partial charge in [-0.2, -0.15) is 5.10 Å². The maximum Gasteiger partial charge on any atom is 0.312 e. The van der Waals surface area contributed by atoms with Crippen molar-refractivity contribution in [2.45, 2.75) is 27.3 Å². The highest BCUT2D eigenvalue weighted by atomic mass is 32.1. The summed E-state index contributed by atoms with van der Waals surface area (Å²) in [5.74, 6) is 0.476. The molecule has 1 amide bonds.